The molecule has 0 fully saturated rings. The molecule has 0 spiro atoms. The molecule has 1 atom stereocenters. The zero-order valence-corrected chi connectivity index (χ0v) is 15.4. The number of halogens is 3. The van der Waals surface area contributed by atoms with Crippen molar-refractivity contribution in [3.05, 3.63) is 67.0 Å². The number of carbonyl (C=O) groups excluding carboxylic acids is 1. The first kappa shape index (κ1) is 15.7. The standard InChI is InChI=1S/C15H12Br3NO/c1-9(10-3-2-4-11(16)7-10)19-15(20)13-8-12(17)5-6-14(13)18/h2-9H,1H3,(H,19,20). The molecule has 2 rings (SSSR count). The summed E-state index contributed by atoms with van der Waals surface area (Å²) in [6.07, 6.45) is 0. The molecule has 2 aromatic carbocycles. The lowest BCUT2D eigenvalue weighted by Crippen LogP contribution is -2.27. The summed E-state index contributed by atoms with van der Waals surface area (Å²) >= 11 is 10.2. The highest BCUT2D eigenvalue weighted by Gasteiger charge is 2.14. The summed E-state index contributed by atoms with van der Waals surface area (Å²) in [4.78, 5) is 12.3. The van der Waals surface area contributed by atoms with Crippen LogP contribution >= 0.6 is 47.8 Å². The van der Waals surface area contributed by atoms with Crippen LogP contribution in [0.3, 0.4) is 0 Å². The molecule has 0 aromatic heterocycles. The molecule has 104 valence electrons. The van der Waals surface area contributed by atoms with Gasteiger partial charge in [-0.05, 0) is 58.7 Å². The number of hydrogen-bond acceptors (Lipinski definition) is 1. The number of amides is 1. The van der Waals surface area contributed by atoms with Gasteiger partial charge in [0, 0.05) is 13.4 Å². The van der Waals surface area contributed by atoms with Crippen LogP contribution < -0.4 is 5.32 Å². The topological polar surface area (TPSA) is 29.1 Å². The van der Waals surface area contributed by atoms with Crippen molar-refractivity contribution in [3.63, 3.8) is 0 Å². The van der Waals surface area contributed by atoms with Crippen LogP contribution in [0.15, 0.2) is 55.9 Å². The molecular weight excluding hydrogens is 450 g/mol. The van der Waals surface area contributed by atoms with E-state index in [0.29, 0.717) is 5.56 Å². The first-order chi connectivity index (χ1) is 9.47. The van der Waals surface area contributed by atoms with Crippen molar-refractivity contribution in [1.82, 2.24) is 5.32 Å². The average Bonchev–Trinajstić information content (AvgIpc) is 2.41. The maximum absolute atomic E-state index is 12.3. The third-order valence-corrected chi connectivity index (χ3v) is 4.55. The Balaban J connectivity index is 2.17. The van der Waals surface area contributed by atoms with Gasteiger partial charge in [-0.1, -0.05) is 44.0 Å². The minimum absolute atomic E-state index is 0.0640. The van der Waals surface area contributed by atoms with Crippen molar-refractivity contribution in [1.29, 1.82) is 0 Å². The van der Waals surface area contributed by atoms with Gasteiger partial charge >= 0.3 is 0 Å². The molecule has 0 bridgehead atoms. The van der Waals surface area contributed by atoms with Crippen molar-refractivity contribution >= 4 is 53.7 Å². The summed E-state index contributed by atoms with van der Waals surface area (Å²) in [5, 5.41) is 3.00. The van der Waals surface area contributed by atoms with E-state index in [1.54, 1.807) is 6.07 Å². The summed E-state index contributed by atoms with van der Waals surface area (Å²) in [6.45, 7) is 1.96. The molecule has 2 aromatic rings. The van der Waals surface area contributed by atoms with E-state index in [9.17, 15) is 4.79 Å². The normalized spacial score (nSPS) is 12.0. The number of rotatable bonds is 3. The minimum Gasteiger partial charge on any atom is -0.345 e. The number of hydrogen-bond donors (Lipinski definition) is 1. The fourth-order valence-electron chi connectivity index (χ4n) is 1.81. The first-order valence-corrected chi connectivity index (χ1v) is 8.36. The third-order valence-electron chi connectivity index (χ3n) is 2.87. The van der Waals surface area contributed by atoms with Gasteiger partial charge in [0.05, 0.1) is 11.6 Å². The lowest BCUT2D eigenvalue weighted by molar-refractivity contribution is 0.0939. The summed E-state index contributed by atoms with van der Waals surface area (Å²) in [5.74, 6) is -0.106. The van der Waals surface area contributed by atoms with E-state index < -0.39 is 0 Å². The van der Waals surface area contributed by atoms with Crippen molar-refractivity contribution < 1.29 is 4.79 Å². The van der Waals surface area contributed by atoms with E-state index in [1.807, 2.05) is 43.3 Å². The van der Waals surface area contributed by atoms with Crippen molar-refractivity contribution in [3.8, 4) is 0 Å². The molecule has 0 radical (unpaired) electrons. The molecule has 0 heterocycles. The van der Waals surface area contributed by atoms with Crippen LogP contribution in [-0.2, 0) is 0 Å². The molecule has 0 aliphatic rings. The van der Waals surface area contributed by atoms with E-state index in [1.165, 1.54) is 0 Å². The number of carbonyl (C=O) groups is 1. The van der Waals surface area contributed by atoms with Crippen LogP contribution in [0.5, 0.6) is 0 Å². The molecule has 2 nitrogen and oxygen atoms in total. The van der Waals surface area contributed by atoms with Crippen LogP contribution in [0.4, 0.5) is 0 Å². The smallest absolute Gasteiger partial charge is 0.252 e. The van der Waals surface area contributed by atoms with Crippen LogP contribution in [0.2, 0.25) is 0 Å². The fourth-order valence-corrected chi connectivity index (χ4v) is 3.01. The number of nitrogens with one attached hydrogen (secondary N) is 1. The summed E-state index contributed by atoms with van der Waals surface area (Å²) in [5.41, 5.74) is 1.67. The zero-order chi connectivity index (χ0) is 14.7. The lowest BCUT2D eigenvalue weighted by Gasteiger charge is -2.15. The Hall–Kier alpha value is -0.650. The van der Waals surface area contributed by atoms with Crippen LogP contribution in [0.1, 0.15) is 28.9 Å². The Morgan fingerprint density at radius 2 is 1.75 bits per heavy atom. The Morgan fingerprint density at radius 3 is 2.45 bits per heavy atom. The Bertz CT molecular complexity index is 643. The SMILES string of the molecule is CC(NC(=O)c1cc(Br)ccc1Br)c1cccc(Br)c1. The largest absolute Gasteiger partial charge is 0.345 e. The summed E-state index contributed by atoms with van der Waals surface area (Å²) in [7, 11) is 0. The molecule has 1 amide bonds. The highest BCUT2D eigenvalue weighted by atomic mass is 79.9. The van der Waals surface area contributed by atoms with Gasteiger partial charge in [-0.25, -0.2) is 0 Å². The van der Waals surface area contributed by atoms with Gasteiger partial charge in [0.25, 0.3) is 5.91 Å². The van der Waals surface area contributed by atoms with E-state index in [2.05, 4.69) is 53.1 Å². The molecule has 0 saturated carbocycles. The van der Waals surface area contributed by atoms with Crippen molar-refractivity contribution in [2.75, 3.05) is 0 Å². The maximum Gasteiger partial charge on any atom is 0.252 e. The van der Waals surface area contributed by atoms with Gasteiger partial charge in [-0.3, -0.25) is 4.79 Å². The lowest BCUT2D eigenvalue weighted by atomic mass is 10.1. The van der Waals surface area contributed by atoms with Gasteiger partial charge in [0.1, 0.15) is 0 Å². The Morgan fingerprint density at radius 1 is 1.05 bits per heavy atom. The monoisotopic (exact) mass is 459 g/mol. The maximum atomic E-state index is 12.3. The molecule has 0 aliphatic heterocycles. The predicted octanol–water partition coefficient (Wildman–Crippen LogP) is 5.47. The molecule has 20 heavy (non-hydrogen) atoms. The quantitative estimate of drug-likeness (QED) is 0.645. The van der Waals surface area contributed by atoms with E-state index in [0.717, 1.165) is 19.0 Å². The summed E-state index contributed by atoms with van der Waals surface area (Å²) < 4.78 is 2.65. The second-order valence-electron chi connectivity index (χ2n) is 4.37. The molecular formula is C15H12Br3NO. The van der Waals surface area contributed by atoms with Crippen molar-refractivity contribution in [2.45, 2.75) is 13.0 Å². The van der Waals surface area contributed by atoms with E-state index >= 15 is 0 Å². The third kappa shape index (κ3) is 3.93. The van der Waals surface area contributed by atoms with Crippen LogP contribution in [-0.4, -0.2) is 5.91 Å². The number of benzene rings is 2. The summed E-state index contributed by atoms with van der Waals surface area (Å²) in [6, 6.07) is 13.4. The first-order valence-electron chi connectivity index (χ1n) is 5.99. The molecule has 0 saturated heterocycles. The zero-order valence-electron chi connectivity index (χ0n) is 10.7. The Labute approximate surface area is 143 Å². The van der Waals surface area contributed by atoms with Gasteiger partial charge < -0.3 is 5.32 Å². The van der Waals surface area contributed by atoms with E-state index in [4.69, 9.17) is 0 Å². The second kappa shape index (κ2) is 6.87. The fraction of sp³-hybridized carbons (Fsp3) is 0.133. The van der Waals surface area contributed by atoms with Gasteiger partial charge in [0.15, 0.2) is 0 Å². The highest BCUT2D eigenvalue weighted by molar-refractivity contribution is 9.11. The van der Waals surface area contributed by atoms with Crippen LogP contribution in [0.25, 0.3) is 0 Å². The minimum atomic E-state index is -0.106. The second-order valence-corrected chi connectivity index (χ2v) is 7.06. The van der Waals surface area contributed by atoms with Gasteiger partial charge in [-0.2, -0.15) is 0 Å². The van der Waals surface area contributed by atoms with Gasteiger partial charge in [-0.15, -0.1) is 0 Å². The molecule has 1 N–H and O–H groups in total. The molecule has 1 unspecified atom stereocenters. The molecule has 0 aliphatic carbocycles. The highest BCUT2D eigenvalue weighted by Crippen LogP contribution is 2.23. The molecule has 5 heteroatoms. The predicted molar refractivity (Wildman–Crippen MR) is 91.9 cm³/mol. The van der Waals surface area contributed by atoms with Crippen molar-refractivity contribution in [2.24, 2.45) is 0 Å². The average molecular weight is 462 g/mol. The van der Waals surface area contributed by atoms with Gasteiger partial charge in [0.2, 0.25) is 0 Å². The Kier molecular flexibility index (Phi) is 5.41. The van der Waals surface area contributed by atoms with Crippen LogP contribution in [0, 0.1) is 0 Å². The van der Waals surface area contributed by atoms with E-state index in [-0.39, 0.29) is 11.9 Å².